The van der Waals surface area contributed by atoms with Crippen LogP contribution in [0.3, 0.4) is 0 Å². The summed E-state index contributed by atoms with van der Waals surface area (Å²) >= 11 is 0. The van der Waals surface area contributed by atoms with Gasteiger partial charge in [-0.05, 0) is 19.3 Å². The van der Waals surface area contributed by atoms with E-state index < -0.39 is 96.7 Å². The minimum atomic E-state index is -8.64. The SMILES string of the molecule is O=S(=O)(C(CCCCO)S(=O)(=O)C(F)(F)C(F)(F)C(F)(F)C(F)(F)F)C(F)(F)C(F)(F)C(F)(F)C(F)(F)F. The van der Waals surface area contributed by atoms with Gasteiger partial charge < -0.3 is 5.11 Å². The summed E-state index contributed by atoms with van der Waals surface area (Å²) in [7, 11) is -17.3. The Balaban J connectivity index is 7.44. The number of sulfone groups is 2. The molecule has 0 saturated heterocycles. The topological polar surface area (TPSA) is 88.5 Å². The van der Waals surface area contributed by atoms with Crippen LogP contribution in [0.5, 0.6) is 0 Å². The van der Waals surface area contributed by atoms with E-state index in [1.54, 1.807) is 0 Å². The molecule has 0 radical (unpaired) electrons. The summed E-state index contributed by atoms with van der Waals surface area (Å²) in [5.74, 6) is -32.9. The highest BCUT2D eigenvalue weighted by atomic mass is 32.3. The molecule has 0 aromatic rings. The molecular weight excluding hydrogens is 642 g/mol. The van der Waals surface area contributed by atoms with Crippen molar-refractivity contribution in [3.05, 3.63) is 0 Å². The van der Waals surface area contributed by atoms with E-state index in [1.165, 1.54) is 0 Å². The molecule has 0 aliphatic rings. The Bertz CT molecular complexity index is 977. The normalized spacial score (nSPS) is 16.3. The Kier molecular flexibility index (Phi) is 9.54. The molecule has 0 atom stereocenters. The predicted octanol–water partition coefficient (Wildman–Crippen LogP) is 5.16. The first-order valence-corrected chi connectivity index (χ1v) is 11.8. The van der Waals surface area contributed by atoms with Crippen molar-refractivity contribution in [1.82, 2.24) is 0 Å². The smallest absolute Gasteiger partial charge is 0.396 e. The molecule has 0 heterocycles. The van der Waals surface area contributed by atoms with Gasteiger partial charge in [-0.1, -0.05) is 0 Å². The van der Waals surface area contributed by atoms with Crippen LogP contribution >= 0.6 is 0 Å². The first-order valence-electron chi connectivity index (χ1n) is 8.67. The Morgan fingerprint density at radius 3 is 0.947 bits per heavy atom. The fourth-order valence-electron chi connectivity index (χ4n) is 2.31. The third-order valence-electron chi connectivity index (χ3n) is 4.49. The maximum Gasteiger partial charge on any atom is 0.460 e. The van der Waals surface area contributed by atoms with E-state index in [9.17, 15) is 95.9 Å². The Morgan fingerprint density at radius 2 is 0.737 bits per heavy atom. The van der Waals surface area contributed by atoms with Gasteiger partial charge in [-0.2, -0.15) is 79.0 Å². The summed E-state index contributed by atoms with van der Waals surface area (Å²) in [5, 5.41) is -7.82. The summed E-state index contributed by atoms with van der Waals surface area (Å²) in [6.07, 6.45) is -21.1. The molecule has 0 aliphatic carbocycles. The molecule has 0 bridgehead atoms. The van der Waals surface area contributed by atoms with Gasteiger partial charge in [-0.3, -0.25) is 0 Å². The van der Waals surface area contributed by atoms with E-state index in [4.69, 9.17) is 5.11 Å². The summed E-state index contributed by atoms with van der Waals surface area (Å²) < 4.78 is 278. The third-order valence-corrected chi connectivity index (χ3v) is 9.80. The zero-order valence-corrected chi connectivity index (χ0v) is 18.7. The first kappa shape index (κ1) is 36.6. The Labute approximate surface area is 198 Å². The number of hydrogen-bond acceptors (Lipinski definition) is 5. The molecule has 25 heteroatoms. The lowest BCUT2D eigenvalue weighted by atomic mass is 10.1. The highest BCUT2D eigenvalue weighted by Crippen LogP contribution is 2.59. The van der Waals surface area contributed by atoms with E-state index in [0.717, 1.165) is 0 Å². The van der Waals surface area contributed by atoms with Gasteiger partial charge in [-0.25, -0.2) is 16.8 Å². The lowest BCUT2D eigenvalue weighted by Crippen LogP contribution is -2.67. The molecule has 230 valence electrons. The number of aliphatic hydroxyl groups is 1. The monoisotopic (exact) mass is 652 g/mol. The zero-order chi connectivity index (χ0) is 31.4. The molecule has 0 aromatic heterocycles. The molecule has 0 aromatic carbocycles. The fourth-order valence-corrected chi connectivity index (χ4v) is 6.95. The average Bonchev–Trinajstić information content (AvgIpc) is 2.68. The Hall–Kier alpha value is -1.40. The average molecular weight is 652 g/mol. The molecule has 0 amide bonds. The zero-order valence-electron chi connectivity index (χ0n) is 17.1. The molecule has 38 heavy (non-hydrogen) atoms. The first-order chi connectivity index (χ1) is 16.2. The molecule has 0 rings (SSSR count). The van der Waals surface area contributed by atoms with Crippen LogP contribution in [0.25, 0.3) is 0 Å². The van der Waals surface area contributed by atoms with Crippen LogP contribution in [-0.2, 0) is 19.7 Å². The number of hydrogen-bond donors (Lipinski definition) is 1. The lowest BCUT2D eigenvalue weighted by molar-refractivity contribution is -0.382. The van der Waals surface area contributed by atoms with E-state index in [-0.39, 0.29) is 0 Å². The van der Waals surface area contributed by atoms with Crippen molar-refractivity contribution in [1.29, 1.82) is 0 Å². The van der Waals surface area contributed by atoms with Crippen LogP contribution in [0, 0.1) is 0 Å². The standard InChI is InChI=1S/C13H10F18O5S2/c14-6(15,10(22,23)24)8(18,19)12(28,29)37(33,34)5(3-1-2-4-32)38(35,36)13(30,31)9(20,21)7(16,17)11(25,26)27/h5,32H,1-4H2. The molecule has 0 fully saturated rings. The highest BCUT2D eigenvalue weighted by molar-refractivity contribution is 8.10. The van der Waals surface area contributed by atoms with Crippen LogP contribution in [0.2, 0.25) is 0 Å². The van der Waals surface area contributed by atoms with Crippen molar-refractivity contribution >= 4 is 19.7 Å². The summed E-state index contributed by atoms with van der Waals surface area (Å²) in [6.45, 7) is -1.32. The predicted molar refractivity (Wildman–Crippen MR) is 84.4 cm³/mol. The second kappa shape index (κ2) is 9.90. The van der Waals surface area contributed by atoms with Gasteiger partial charge in [0.2, 0.25) is 19.7 Å². The third kappa shape index (κ3) is 5.09. The second-order valence-electron chi connectivity index (χ2n) is 7.07. The van der Waals surface area contributed by atoms with Crippen molar-refractivity contribution < 1.29 is 101 Å². The van der Waals surface area contributed by atoms with Gasteiger partial charge in [0.15, 0.2) is 4.58 Å². The number of alkyl halides is 18. The second-order valence-corrected chi connectivity index (χ2v) is 11.7. The van der Waals surface area contributed by atoms with Gasteiger partial charge in [0.25, 0.3) is 0 Å². The number of rotatable bonds is 12. The van der Waals surface area contributed by atoms with Crippen molar-refractivity contribution in [2.75, 3.05) is 6.61 Å². The van der Waals surface area contributed by atoms with Crippen LogP contribution in [0.1, 0.15) is 19.3 Å². The molecule has 0 saturated carbocycles. The van der Waals surface area contributed by atoms with Crippen LogP contribution < -0.4 is 0 Å². The minimum absolute atomic E-state index is 1.16. The molecule has 0 aliphatic heterocycles. The fraction of sp³-hybridized carbons (Fsp3) is 1.00. The maximum atomic E-state index is 14.0. The minimum Gasteiger partial charge on any atom is -0.396 e. The molecular formula is C13H10F18O5S2. The van der Waals surface area contributed by atoms with Gasteiger partial charge in [0.1, 0.15) is 0 Å². The molecule has 0 unspecified atom stereocenters. The number of unbranched alkanes of at least 4 members (excludes halogenated alkanes) is 1. The van der Waals surface area contributed by atoms with E-state index in [1.807, 2.05) is 0 Å². The van der Waals surface area contributed by atoms with Crippen LogP contribution in [0.4, 0.5) is 79.0 Å². The summed E-state index contributed by atoms with van der Waals surface area (Å²) in [5.41, 5.74) is 0. The van der Waals surface area contributed by atoms with Crippen molar-refractivity contribution in [3.63, 3.8) is 0 Å². The van der Waals surface area contributed by atoms with Gasteiger partial charge in [-0.15, -0.1) is 0 Å². The molecule has 1 N–H and O–H groups in total. The van der Waals surface area contributed by atoms with Gasteiger partial charge in [0.05, 0.1) is 0 Å². The van der Waals surface area contributed by atoms with E-state index in [0.29, 0.717) is 0 Å². The van der Waals surface area contributed by atoms with Crippen molar-refractivity contribution in [3.8, 4) is 0 Å². The Morgan fingerprint density at radius 1 is 0.474 bits per heavy atom. The maximum absolute atomic E-state index is 14.0. The van der Waals surface area contributed by atoms with Gasteiger partial charge >= 0.3 is 46.6 Å². The van der Waals surface area contributed by atoms with Crippen LogP contribution in [0.15, 0.2) is 0 Å². The summed E-state index contributed by atoms with van der Waals surface area (Å²) in [6, 6.07) is 0. The van der Waals surface area contributed by atoms with Gasteiger partial charge in [0, 0.05) is 6.61 Å². The van der Waals surface area contributed by atoms with Crippen molar-refractivity contribution in [2.24, 2.45) is 0 Å². The lowest BCUT2D eigenvalue weighted by Gasteiger charge is -2.37. The van der Waals surface area contributed by atoms with E-state index >= 15 is 0 Å². The molecule has 5 nitrogen and oxygen atoms in total. The van der Waals surface area contributed by atoms with Crippen molar-refractivity contribution in [2.45, 2.75) is 70.4 Å². The molecule has 0 spiro atoms. The van der Waals surface area contributed by atoms with Crippen LogP contribution in [-0.4, -0.2) is 79.7 Å². The number of halogens is 18. The number of aliphatic hydroxyl groups excluding tert-OH is 1. The highest BCUT2D eigenvalue weighted by Gasteiger charge is 2.89. The quantitative estimate of drug-likeness (QED) is 0.233. The summed E-state index contributed by atoms with van der Waals surface area (Å²) in [4.78, 5) is 0. The largest absolute Gasteiger partial charge is 0.460 e. The van der Waals surface area contributed by atoms with E-state index in [2.05, 4.69) is 0 Å².